The van der Waals surface area contributed by atoms with E-state index in [9.17, 15) is 9.59 Å². The Morgan fingerprint density at radius 2 is 1.74 bits per heavy atom. The average molecular weight is 477 g/mol. The van der Waals surface area contributed by atoms with E-state index >= 15 is 0 Å². The van der Waals surface area contributed by atoms with E-state index < -0.39 is 5.60 Å². The van der Waals surface area contributed by atoms with Gasteiger partial charge in [-0.15, -0.1) is 0 Å². The van der Waals surface area contributed by atoms with E-state index in [4.69, 9.17) is 14.2 Å². The maximum absolute atomic E-state index is 13.7. The van der Waals surface area contributed by atoms with Crippen LogP contribution in [0.5, 0.6) is 11.5 Å². The molecule has 5 rings (SSSR count). The number of likely N-dealkylation sites (tertiary alicyclic amines) is 1. The van der Waals surface area contributed by atoms with Crippen molar-refractivity contribution in [3.8, 4) is 11.5 Å². The van der Waals surface area contributed by atoms with E-state index in [1.54, 1.807) is 25.2 Å². The van der Waals surface area contributed by atoms with Crippen LogP contribution in [0.3, 0.4) is 0 Å². The molecular weight excluding hydrogens is 444 g/mol. The maximum Gasteiger partial charge on any atom is 0.410 e. The van der Waals surface area contributed by atoms with Crippen molar-refractivity contribution in [2.45, 2.75) is 39.2 Å². The number of amides is 2. The van der Waals surface area contributed by atoms with Gasteiger partial charge >= 0.3 is 6.09 Å². The van der Waals surface area contributed by atoms with Crippen molar-refractivity contribution in [2.75, 3.05) is 38.8 Å². The Kier molecular flexibility index (Phi) is 5.74. The molecule has 0 unspecified atom stereocenters. The first-order valence-electron chi connectivity index (χ1n) is 12.1. The third-order valence-corrected chi connectivity index (χ3v) is 6.92. The lowest BCUT2D eigenvalue weighted by Crippen LogP contribution is -2.44. The van der Waals surface area contributed by atoms with E-state index in [2.05, 4.69) is 18.2 Å². The lowest BCUT2D eigenvalue weighted by molar-refractivity contribution is 0.0185. The molecule has 184 valence electrons. The third kappa shape index (κ3) is 4.03. The molecule has 0 spiro atoms. The molecule has 0 saturated carbocycles. The molecule has 2 heterocycles. The number of nitrogens with zero attached hydrogens (tertiary/aromatic N) is 2. The van der Waals surface area contributed by atoms with Crippen molar-refractivity contribution in [3.63, 3.8) is 0 Å². The lowest BCUT2D eigenvalue weighted by Gasteiger charge is -2.35. The van der Waals surface area contributed by atoms with E-state index in [0.717, 1.165) is 40.1 Å². The van der Waals surface area contributed by atoms with Crippen LogP contribution in [0.2, 0.25) is 0 Å². The zero-order valence-corrected chi connectivity index (χ0v) is 21.0. The summed E-state index contributed by atoms with van der Waals surface area (Å²) >= 11 is 0. The van der Waals surface area contributed by atoms with E-state index in [-0.39, 0.29) is 17.9 Å². The smallest absolute Gasteiger partial charge is 0.410 e. The first kappa shape index (κ1) is 23.3. The minimum Gasteiger partial charge on any atom is -0.493 e. The SMILES string of the molecule is COc1cc2c3c(cc4ccccc4c3c1OC)N(CC1CCN(C(=O)OC(C)(C)C)CC1)C2=O. The number of rotatable bonds is 4. The normalized spacial score (nSPS) is 16.3. The van der Waals surface area contributed by atoms with E-state index in [1.807, 2.05) is 37.8 Å². The Balaban J connectivity index is 1.46. The number of piperidine rings is 1. The summed E-state index contributed by atoms with van der Waals surface area (Å²) in [6.07, 6.45) is 1.38. The molecule has 2 amide bonds. The van der Waals surface area contributed by atoms with Crippen molar-refractivity contribution in [1.29, 1.82) is 0 Å². The molecule has 2 aliphatic rings. The van der Waals surface area contributed by atoms with Gasteiger partial charge in [-0.3, -0.25) is 4.79 Å². The predicted molar refractivity (Wildman–Crippen MR) is 137 cm³/mol. The predicted octanol–water partition coefficient (Wildman–Crippen LogP) is 5.62. The summed E-state index contributed by atoms with van der Waals surface area (Å²) in [4.78, 5) is 29.8. The highest BCUT2D eigenvalue weighted by atomic mass is 16.6. The summed E-state index contributed by atoms with van der Waals surface area (Å²) < 4.78 is 16.9. The van der Waals surface area contributed by atoms with Crippen molar-refractivity contribution >= 4 is 39.2 Å². The van der Waals surface area contributed by atoms with Crippen LogP contribution in [0.4, 0.5) is 10.5 Å². The standard InChI is InChI=1S/C28H32N2O5/c1-28(2,3)35-27(32)29-12-10-17(11-13-29)16-30-21-14-18-8-6-7-9-19(18)24-23(21)20(26(30)31)15-22(33-4)25(24)34-5/h6-9,14-15,17H,10-13,16H2,1-5H3. The van der Waals surface area contributed by atoms with Gasteiger partial charge in [0.1, 0.15) is 5.60 Å². The van der Waals surface area contributed by atoms with Gasteiger partial charge in [-0.2, -0.15) is 0 Å². The fourth-order valence-corrected chi connectivity index (χ4v) is 5.29. The molecule has 1 saturated heterocycles. The topological polar surface area (TPSA) is 68.3 Å². The molecule has 0 radical (unpaired) electrons. The molecule has 3 aromatic carbocycles. The van der Waals surface area contributed by atoms with E-state index in [0.29, 0.717) is 36.7 Å². The number of benzene rings is 3. The van der Waals surface area contributed by atoms with Crippen LogP contribution in [0, 0.1) is 5.92 Å². The second-order valence-corrected chi connectivity index (χ2v) is 10.4. The monoisotopic (exact) mass is 476 g/mol. The first-order chi connectivity index (χ1) is 16.7. The van der Waals surface area contributed by atoms with Crippen molar-refractivity contribution in [1.82, 2.24) is 4.90 Å². The summed E-state index contributed by atoms with van der Waals surface area (Å²) in [5, 5.41) is 3.90. The summed E-state index contributed by atoms with van der Waals surface area (Å²) in [6, 6.07) is 12.0. The van der Waals surface area contributed by atoms with Crippen LogP contribution in [-0.2, 0) is 4.74 Å². The number of anilines is 1. The zero-order chi connectivity index (χ0) is 24.9. The van der Waals surface area contributed by atoms with Gasteiger partial charge in [-0.25, -0.2) is 4.79 Å². The molecule has 0 aliphatic carbocycles. The summed E-state index contributed by atoms with van der Waals surface area (Å²) in [7, 11) is 3.23. The van der Waals surface area contributed by atoms with Gasteiger partial charge in [0.05, 0.1) is 25.5 Å². The van der Waals surface area contributed by atoms with Gasteiger partial charge in [0, 0.05) is 30.4 Å². The number of carbonyl (C=O) groups is 2. The Labute approximate surface area is 205 Å². The van der Waals surface area contributed by atoms with Crippen LogP contribution in [0.15, 0.2) is 36.4 Å². The number of carbonyl (C=O) groups excluding carboxylic acids is 2. The molecule has 0 bridgehead atoms. The molecule has 7 heteroatoms. The van der Waals surface area contributed by atoms with Crippen molar-refractivity contribution in [3.05, 3.63) is 42.0 Å². The summed E-state index contributed by atoms with van der Waals surface area (Å²) in [5.74, 6) is 1.47. The Bertz CT molecular complexity index is 1320. The quantitative estimate of drug-likeness (QED) is 0.458. The van der Waals surface area contributed by atoms with Crippen LogP contribution in [-0.4, -0.2) is 56.4 Å². The molecule has 35 heavy (non-hydrogen) atoms. The lowest BCUT2D eigenvalue weighted by atomic mass is 9.95. The molecule has 0 atom stereocenters. The molecule has 2 aliphatic heterocycles. The highest BCUT2D eigenvalue weighted by Crippen LogP contribution is 2.49. The summed E-state index contributed by atoms with van der Waals surface area (Å²) in [6.45, 7) is 7.49. The minimum atomic E-state index is -0.509. The van der Waals surface area contributed by atoms with Crippen LogP contribution >= 0.6 is 0 Å². The van der Waals surface area contributed by atoms with Crippen LogP contribution < -0.4 is 14.4 Å². The minimum absolute atomic E-state index is 0.0177. The molecule has 1 fully saturated rings. The fourth-order valence-electron chi connectivity index (χ4n) is 5.29. The Morgan fingerprint density at radius 1 is 1.03 bits per heavy atom. The molecule has 0 N–H and O–H groups in total. The van der Waals surface area contributed by atoms with Gasteiger partial charge in [-0.1, -0.05) is 24.3 Å². The van der Waals surface area contributed by atoms with Gasteiger partial charge in [0.15, 0.2) is 11.5 Å². The Morgan fingerprint density at radius 3 is 2.40 bits per heavy atom. The number of fused-ring (bicyclic) bond motifs is 2. The first-order valence-corrected chi connectivity index (χ1v) is 12.1. The van der Waals surface area contributed by atoms with Gasteiger partial charge in [0.2, 0.25) is 0 Å². The number of methoxy groups -OCH3 is 2. The second-order valence-electron chi connectivity index (χ2n) is 10.4. The third-order valence-electron chi connectivity index (χ3n) is 6.92. The molecule has 0 aromatic heterocycles. The Hall–Kier alpha value is -3.48. The zero-order valence-electron chi connectivity index (χ0n) is 21.0. The highest BCUT2D eigenvalue weighted by molar-refractivity contribution is 6.31. The average Bonchev–Trinajstić information content (AvgIpc) is 3.09. The van der Waals surface area contributed by atoms with Crippen LogP contribution in [0.1, 0.15) is 44.0 Å². The van der Waals surface area contributed by atoms with Crippen LogP contribution in [0.25, 0.3) is 21.5 Å². The highest BCUT2D eigenvalue weighted by Gasteiger charge is 2.36. The number of ether oxygens (including phenoxy) is 3. The fraction of sp³-hybridized carbons (Fsp3) is 0.429. The van der Waals surface area contributed by atoms with Gasteiger partial charge < -0.3 is 24.0 Å². The summed E-state index contributed by atoms with van der Waals surface area (Å²) in [5.41, 5.74) is 1.05. The second kappa shape index (κ2) is 8.63. The number of hydrogen-bond acceptors (Lipinski definition) is 5. The van der Waals surface area contributed by atoms with Gasteiger partial charge in [-0.05, 0) is 62.4 Å². The molecular formula is C28H32N2O5. The van der Waals surface area contributed by atoms with E-state index in [1.165, 1.54) is 0 Å². The van der Waals surface area contributed by atoms with Crippen molar-refractivity contribution in [2.24, 2.45) is 5.92 Å². The largest absolute Gasteiger partial charge is 0.493 e. The maximum atomic E-state index is 13.7. The number of hydrogen-bond donors (Lipinski definition) is 0. The molecule has 3 aromatic rings. The molecule has 7 nitrogen and oxygen atoms in total. The van der Waals surface area contributed by atoms with Crippen molar-refractivity contribution < 1.29 is 23.8 Å². The van der Waals surface area contributed by atoms with Gasteiger partial charge in [0.25, 0.3) is 5.91 Å².